The Kier molecular flexibility index (Phi) is 6.22. The number of hydrogen-bond donors (Lipinski definition) is 1. The van der Waals surface area contributed by atoms with E-state index in [-0.39, 0.29) is 11.7 Å². The second-order valence-electron chi connectivity index (χ2n) is 8.64. The highest BCUT2D eigenvalue weighted by Crippen LogP contribution is 2.22. The minimum absolute atomic E-state index is 0.0348. The van der Waals surface area contributed by atoms with Gasteiger partial charge in [-0.2, -0.15) is 4.98 Å². The summed E-state index contributed by atoms with van der Waals surface area (Å²) in [5.41, 5.74) is 2.82. The molecule has 7 nitrogen and oxygen atoms in total. The first-order chi connectivity index (χ1) is 16.5. The lowest BCUT2D eigenvalue weighted by Gasteiger charge is -2.19. The number of furan rings is 1. The second kappa shape index (κ2) is 9.61. The van der Waals surface area contributed by atoms with Gasteiger partial charge < -0.3 is 14.3 Å². The topological polar surface area (TPSA) is 84.4 Å². The van der Waals surface area contributed by atoms with Gasteiger partial charge in [0.05, 0.1) is 19.4 Å². The highest BCUT2D eigenvalue weighted by Gasteiger charge is 2.23. The van der Waals surface area contributed by atoms with Crippen LogP contribution in [0.3, 0.4) is 0 Å². The molecule has 1 saturated carbocycles. The fourth-order valence-corrected chi connectivity index (χ4v) is 3.67. The SMILES string of the molecule is Cc1ccc(-c2noc(CN(Cc3ccc(C(=O)NC4CC4)cc3)Cc3ccco3)n2)cc1F. The molecule has 1 N–H and O–H groups in total. The van der Waals surface area contributed by atoms with Gasteiger partial charge >= 0.3 is 0 Å². The summed E-state index contributed by atoms with van der Waals surface area (Å²) in [6, 6.07) is 16.5. The van der Waals surface area contributed by atoms with Gasteiger partial charge in [-0.05, 0) is 61.2 Å². The molecule has 0 aliphatic heterocycles. The molecular weight excluding hydrogens is 435 g/mol. The number of carbonyl (C=O) groups is 1. The van der Waals surface area contributed by atoms with Crippen LogP contribution < -0.4 is 5.32 Å². The number of aryl methyl sites for hydroxylation is 1. The molecule has 1 aliphatic carbocycles. The first-order valence-electron chi connectivity index (χ1n) is 11.3. The van der Waals surface area contributed by atoms with Crippen LogP contribution in [-0.4, -0.2) is 27.0 Å². The molecule has 0 spiro atoms. The summed E-state index contributed by atoms with van der Waals surface area (Å²) in [7, 11) is 0. The smallest absolute Gasteiger partial charge is 0.251 e. The van der Waals surface area contributed by atoms with Crippen LogP contribution in [0.1, 0.15) is 46.0 Å². The number of carbonyl (C=O) groups excluding carboxylic acids is 1. The zero-order valence-electron chi connectivity index (χ0n) is 18.8. The Balaban J connectivity index is 1.30. The molecule has 2 heterocycles. The fourth-order valence-electron chi connectivity index (χ4n) is 3.67. The van der Waals surface area contributed by atoms with E-state index in [4.69, 9.17) is 8.94 Å². The summed E-state index contributed by atoms with van der Waals surface area (Å²) in [6.45, 7) is 3.21. The third-order valence-corrected chi connectivity index (χ3v) is 5.75. The Morgan fingerprint density at radius 2 is 1.94 bits per heavy atom. The van der Waals surface area contributed by atoms with Crippen LogP contribution in [0.4, 0.5) is 4.39 Å². The molecule has 0 atom stereocenters. The lowest BCUT2D eigenvalue weighted by molar-refractivity contribution is 0.0951. The second-order valence-corrected chi connectivity index (χ2v) is 8.64. The largest absolute Gasteiger partial charge is 0.468 e. The number of halogens is 1. The third kappa shape index (κ3) is 5.40. The molecule has 2 aromatic heterocycles. The zero-order valence-corrected chi connectivity index (χ0v) is 18.8. The number of benzene rings is 2. The molecule has 8 heteroatoms. The molecule has 0 saturated heterocycles. The van der Waals surface area contributed by atoms with Gasteiger partial charge in [0.25, 0.3) is 5.91 Å². The van der Waals surface area contributed by atoms with Crippen molar-refractivity contribution in [2.75, 3.05) is 0 Å². The average molecular weight is 461 g/mol. The van der Waals surface area contributed by atoms with Crippen LogP contribution in [0, 0.1) is 12.7 Å². The average Bonchev–Trinajstić information content (AvgIpc) is 3.28. The normalized spacial score (nSPS) is 13.4. The molecule has 0 unspecified atom stereocenters. The highest BCUT2D eigenvalue weighted by atomic mass is 19.1. The van der Waals surface area contributed by atoms with E-state index in [1.54, 1.807) is 25.3 Å². The lowest BCUT2D eigenvalue weighted by atomic mass is 10.1. The predicted octanol–water partition coefficient (Wildman–Crippen LogP) is 4.87. The standard InChI is InChI=1S/C26H25FN4O3/c1-17-4-7-20(13-23(17)27)25-29-24(34-30-25)16-31(15-22-3-2-12-33-22)14-18-5-8-19(9-6-18)26(32)28-21-10-11-21/h2-9,12-13,21H,10-11,14-16H2,1H3,(H,28,32). The van der Waals surface area contributed by atoms with E-state index < -0.39 is 0 Å². The monoisotopic (exact) mass is 460 g/mol. The number of amides is 1. The Hall–Kier alpha value is -3.78. The molecule has 4 aromatic rings. The van der Waals surface area contributed by atoms with Crippen molar-refractivity contribution >= 4 is 5.91 Å². The van der Waals surface area contributed by atoms with Crippen LogP contribution in [0.15, 0.2) is 69.8 Å². The van der Waals surface area contributed by atoms with E-state index in [0.29, 0.717) is 54.1 Å². The molecule has 2 aromatic carbocycles. The summed E-state index contributed by atoms with van der Waals surface area (Å²) in [6.07, 6.45) is 3.75. The summed E-state index contributed by atoms with van der Waals surface area (Å²) >= 11 is 0. The number of nitrogens with one attached hydrogen (secondary N) is 1. The molecule has 0 bridgehead atoms. The van der Waals surface area contributed by atoms with E-state index in [1.807, 2.05) is 36.4 Å². The Labute approximate surface area is 196 Å². The van der Waals surface area contributed by atoms with Crippen LogP contribution in [0.25, 0.3) is 11.4 Å². The molecule has 34 heavy (non-hydrogen) atoms. The molecule has 1 fully saturated rings. The van der Waals surface area contributed by atoms with Gasteiger partial charge in [-0.25, -0.2) is 4.39 Å². The molecule has 5 rings (SSSR count). The van der Waals surface area contributed by atoms with E-state index in [1.165, 1.54) is 6.07 Å². The van der Waals surface area contributed by atoms with Crippen LogP contribution in [0.5, 0.6) is 0 Å². The molecule has 174 valence electrons. The van der Waals surface area contributed by atoms with Crippen molar-refractivity contribution in [3.05, 3.63) is 95.0 Å². The fraction of sp³-hybridized carbons (Fsp3) is 0.269. The van der Waals surface area contributed by atoms with E-state index in [0.717, 1.165) is 24.2 Å². The van der Waals surface area contributed by atoms with Crippen LogP contribution in [-0.2, 0) is 19.6 Å². The number of nitrogens with zero attached hydrogens (tertiary/aromatic N) is 3. The summed E-state index contributed by atoms with van der Waals surface area (Å²) in [4.78, 5) is 18.8. The number of rotatable bonds is 9. The van der Waals surface area contributed by atoms with Gasteiger partial charge in [-0.3, -0.25) is 9.69 Å². The van der Waals surface area contributed by atoms with Gasteiger partial charge in [0.2, 0.25) is 11.7 Å². The van der Waals surface area contributed by atoms with Crippen LogP contribution in [0.2, 0.25) is 0 Å². The quantitative estimate of drug-likeness (QED) is 0.384. The maximum atomic E-state index is 13.9. The summed E-state index contributed by atoms with van der Waals surface area (Å²) in [5, 5.41) is 7.03. The van der Waals surface area contributed by atoms with Gasteiger partial charge in [0.15, 0.2) is 0 Å². The van der Waals surface area contributed by atoms with Crippen molar-refractivity contribution in [1.82, 2.24) is 20.4 Å². The summed E-state index contributed by atoms with van der Waals surface area (Å²) in [5.74, 6) is 1.23. The maximum Gasteiger partial charge on any atom is 0.251 e. The lowest BCUT2D eigenvalue weighted by Crippen LogP contribution is -2.25. The first-order valence-corrected chi connectivity index (χ1v) is 11.3. The Morgan fingerprint density at radius 3 is 2.65 bits per heavy atom. The van der Waals surface area contributed by atoms with E-state index in [2.05, 4.69) is 20.4 Å². The Bertz CT molecular complexity index is 1260. The third-order valence-electron chi connectivity index (χ3n) is 5.75. The van der Waals surface area contributed by atoms with Gasteiger partial charge in [-0.1, -0.05) is 29.4 Å². The van der Waals surface area contributed by atoms with Crippen molar-refractivity contribution < 1.29 is 18.1 Å². The van der Waals surface area contributed by atoms with E-state index >= 15 is 0 Å². The molecule has 0 radical (unpaired) electrons. The van der Waals surface area contributed by atoms with Gasteiger partial charge in [0.1, 0.15) is 11.6 Å². The minimum Gasteiger partial charge on any atom is -0.468 e. The van der Waals surface area contributed by atoms with Crippen LogP contribution >= 0.6 is 0 Å². The minimum atomic E-state index is -0.308. The number of aromatic nitrogens is 2. The predicted molar refractivity (Wildman–Crippen MR) is 123 cm³/mol. The van der Waals surface area contributed by atoms with Crippen molar-refractivity contribution in [2.24, 2.45) is 0 Å². The van der Waals surface area contributed by atoms with Crippen molar-refractivity contribution in [3.63, 3.8) is 0 Å². The Morgan fingerprint density at radius 1 is 1.12 bits per heavy atom. The molecular formula is C26H25FN4O3. The van der Waals surface area contributed by atoms with Crippen molar-refractivity contribution in [2.45, 2.75) is 45.4 Å². The van der Waals surface area contributed by atoms with Gasteiger partial charge in [-0.15, -0.1) is 0 Å². The maximum absolute atomic E-state index is 13.9. The molecule has 1 amide bonds. The van der Waals surface area contributed by atoms with Crippen molar-refractivity contribution in [1.29, 1.82) is 0 Å². The van der Waals surface area contributed by atoms with E-state index in [9.17, 15) is 9.18 Å². The number of hydrogen-bond acceptors (Lipinski definition) is 6. The molecule has 1 aliphatic rings. The first kappa shape index (κ1) is 22.0. The van der Waals surface area contributed by atoms with Crippen molar-refractivity contribution in [3.8, 4) is 11.4 Å². The summed E-state index contributed by atoms with van der Waals surface area (Å²) < 4.78 is 24.9. The van der Waals surface area contributed by atoms with Gasteiger partial charge in [0, 0.05) is 23.7 Å². The highest BCUT2D eigenvalue weighted by molar-refractivity contribution is 5.94. The zero-order chi connectivity index (χ0) is 23.5.